The molecule has 0 saturated carbocycles. The number of rotatable bonds is 2. The molecule has 0 amide bonds. The molecule has 0 N–H and O–H groups in total. The minimum absolute atomic E-state index is 0.786. The van der Waals surface area contributed by atoms with Crippen LogP contribution in [-0.4, -0.2) is 9.55 Å². The lowest BCUT2D eigenvalue weighted by atomic mass is 10.2. The van der Waals surface area contributed by atoms with Crippen molar-refractivity contribution >= 4 is 15.9 Å². The van der Waals surface area contributed by atoms with Crippen LogP contribution < -0.4 is 0 Å². The van der Waals surface area contributed by atoms with E-state index >= 15 is 0 Å². The number of hydrogen-bond donors (Lipinski definition) is 0. The molecule has 3 rings (SSSR count). The first-order chi connectivity index (χ1) is 9.13. The van der Waals surface area contributed by atoms with Crippen LogP contribution in [0.4, 0.5) is 0 Å². The zero-order valence-electron chi connectivity index (χ0n) is 10.7. The topological polar surface area (TPSA) is 31.0 Å². The molecule has 0 fully saturated rings. The van der Waals surface area contributed by atoms with Gasteiger partial charge in [0.25, 0.3) is 0 Å². The molecule has 0 aliphatic carbocycles. The highest BCUT2D eigenvalue weighted by molar-refractivity contribution is 9.10. The average Bonchev–Trinajstić information content (AvgIpc) is 2.97. The lowest BCUT2D eigenvalue weighted by Crippen LogP contribution is -1.88. The maximum absolute atomic E-state index is 5.89. The molecule has 0 radical (unpaired) electrons. The molecular formula is C15H13BrN2O. The molecule has 3 nitrogen and oxygen atoms in total. The maximum Gasteiger partial charge on any atom is 0.176 e. The van der Waals surface area contributed by atoms with Crippen LogP contribution in [0.15, 0.2) is 51.5 Å². The van der Waals surface area contributed by atoms with E-state index in [-0.39, 0.29) is 0 Å². The zero-order chi connectivity index (χ0) is 13.4. The summed E-state index contributed by atoms with van der Waals surface area (Å²) in [5.74, 6) is 2.48. The van der Waals surface area contributed by atoms with Crippen molar-refractivity contribution in [2.24, 2.45) is 7.05 Å². The quantitative estimate of drug-likeness (QED) is 0.700. The first kappa shape index (κ1) is 12.2. The number of aryl methyl sites for hydroxylation is 2. The number of halogens is 1. The van der Waals surface area contributed by atoms with Gasteiger partial charge in [-0.25, -0.2) is 4.98 Å². The summed E-state index contributed by atoms with van der Waals surface area (Å²) in [6, 6.07) is 12.0. The molecule has 0 bridgehead atoms. The molecule has 0 aliphatic rings. The van der Waals surface area contributed by atoms with Gasteiger partial charge in [0.1, 0.15) is 5.76 Å². The summed E-state index contributed by atoms with van der Waals surface area (Å²) in [7, 11) is 1.97. The van der Waals surface area contributed by atoms with Crippen molar-refractivity contribution < 1.29 is 4.42 Å². The normalized spacial score (nSPS) is 10.9. The van der Waals surface area contributed by atoms with Crippen LogP contribution in [0.3, 0.4) is 0 Å². The van der Waals surface area contributed by atoms with E-state index in [0.717, 1.165) is 33.1 Å². The highest BCUT2D eigenvalue weighted by atomic mass is 79.9. The Hall–Kier alpha value is -1.81. The van der Waals surface area contributed by atoms with Gasteiger partial charge in [-0.15, -0.1) is 0 Å². The number of furan rings is 1. The molecule has 0 atom stereocenters. The fourth-order valence-electron chi connectivity index (χ4n) is 2.07. The molecule has 3 aromatic rings. The van der Waals surface area contributed by atoms with Crippen LogP contribution in [0.2, 0.25) is 0 Å². The Morgan fingerprint density at radius 3 is 2.37 bits per heavy atom. The molecule has 4 heteroatoms. The molecule has 19 heavy (non-hydrogen) atoms. The van der Waals surface area contributed by atoms with Crippen LogP contribution in [-0.2, 0) is 7.05 Å². The summed E-state index contributed by atoms with van der Waals surface area (Å²) in [6.07, 6.45) is 1.98. The smallest absolute Gasteiger partial charge is 0.176 e. The summed E-state index contributed by atoms with van der Waals surface area (Å²) in [5, 5.41) is 0. The highest BCUT2D eigenvalue weighted by Gasteiger charge is 2.11. The lowest BCUT2D eigenvalue weighted by Gasteiger charge is -1.98. The van der Waals surface area contributed by atoms with Crippen molar-refractivity contribution in [3.05, 3.63) is 52.8 Å². The van der Waals surface area contributed by atoms with Crippen molar-refractivity contribution in [1.29, 1.82) is 0 Å². The molecule has 0 spiro atoms. The Balaban J connectivity index is 1.99. The van der Waals surface area contributed by atoms with Gasteiger partial charge in [-0.1, -0.05) is 28.1 Å². The average molecular weight is 317 g/mol. The van der Waals surface area contributed by atoms with Crippen molar-refractivity contribution in [3.63, 3.8) is 0 Å². The van der Waals surface area contributed by atoms with Gasteiger partial charge in [-0.2, -0.15) is 0 Å². The predicted molar refractivity (Wildman–Crippen MR) is 78.8 cm³/mol. The second-order valence-electron chi connectivity index (χ2n) is 4.49. The van der Waals surface area contributed by atoms with Gasteiger partial charge < -0.3 is 8.98 Å². The van der Waals surface area contributed by atoms with E-state index in [1.165, 1.54) is 0 Å². The zero-order valence-corrected chi connectivity index (χ0v) is 12.3. The van der Waals surface area contributed by atoms with E-state index in [4.69, 9.17) is 4.42 Å². The van der Waals surface area contributed by atoms with Crippen molar-refractivity contribution in [2.45, 2.75) is 6.92 Å². The minimum Gasteiger partial charge on any atom is -0.453 e. The fourth-order valence-corrected chi connectivity index (χ4v) is 2.34. The van der Waals surface area contributed by atoms with E-state index in [9.17, 15) is 0 Å². The number of nitrogens with zero attached hydrogens (tertiary/aromatic N) is 2. The van der Waals surface area contributed by atoms with E-state index in [0.29, 0.717) is 0 Å². The molecule has 2 heterocycles. The fraction of sp³-hybridized carbons (Fsp3) is 0.133. The van der Waals surface area contributed by atoms with Crippen LogP contribution >= 0.6 is 15.9 Å². The second kappa shape index (κ2) is 4.70. The van der Waals surface area contributed by atoms with E-state index in [1.807, 2.05) is 61.1 Å². The molecule has 2 aromatic heterocycles. The molecule has 96 valence electrons. The molecule has 0 aliphatic heterocycles. The van der Waals surface area contributed by atoms with Gasteiger partial charge in [-0.3, -0.25) is 0 Å². The predicted octanol–water partition coefficient (Wildman–Crippen LogP) is 4.42. The third-order valence-electron chi connectivity index (χ3n) is 2.95. The Bertz CT molecular complexity index is 710. The summed E-state index contributed by atoms with van der Waals surface area (Å²) in [4.78, 5) is 4.46. The SMILES string of the molecule is Cc1cn(C)c(-c2ccc(-c3ccc(Br)cc3)o2)n1. The van der Waals surface area contributed by atoms with Gasteiger partial charge in [0.05, 0.1) is 5.69 Å². The van der Waals surface area contributed by atoms with Gasteiger partial charge in [0.15, 0.2) is 11.6 Å². The first-order valence-corrected chi connectivity index (χ1v) is 6.79. The van der Waals surface area contributed by atoms with Gasteiger partial charge in [0.2, 0.25) is 0 Å². The van der Waals surface area contributed by atoms with Crippen LogP contribution in [0.1, 0.15) is 5.69 Å². The number of imidazole rings is 1. The van der Waals surface area contributed by atoms with Gasteiger partial charge in [0, 0.05) is 23.3 Å². The molecule has 1 aromatic carbocycles. The molecule has 0 saturated heterocycles. The van der Waals surface area contributed by atoms with Crippen LogP contribution in [0, 0.1) is 6.92 Å². The first-order valence-electron chi connectivity index (χ1n) is 5.99. The summed E-state index contributed by atoms with van der Waals surface area (Å²) >= 11 is 3.43. The van der Waals surface area contributed by atoms with Gasteiger partial charge in [-0.05, 0) is 31.2 Å². The van der Waals surface area contributed by atoms with E-state index in [1.54, 1.807) is 0 Å². The Morgan fingerprint density at radius 2 is 1.74 bits per heavy atom. The third kappa shape index (κ3) is 2.36. The lowest BCUT2D eigenvalue weighted by molar-refractivity contribution is 0.588. The van der Waals surface area contributed by atoms with E-state index < -0.39 is 0 Å². The number of aromatic nitrogens is 2. The third-order valence-corrected chi connectivity index (χ3v) is 3.48. The molecular weight excluding hydrogens is 304 g/mol. The second-order valence-corrected chi connectivity index (χ2v) is 5.40. The summed E-state index contributed by atoms with van der Waals surface area (Å²) in [6.45, 7) is 1.97. The number of hydrogen-bond acceptors (Lipinski definition) is 2. The maximum atomic E-state index is 5.89. The molecule has 0 unspecified atom stereocenters. The van der Waals surface area contributed by atoms with Crippen LogP contribution in [0.25, 0.3) is 22.9 Å². The minimum atomic E-state index is 0.786. The van der Waals surface area contributed by atoms with Crippen molar-refractivity contribution in [1.82, 2.24) is 9.55 Å². The van der Waals surface area contributed by atoms with E-state index in [2.05, 4.69) is 20.9 Å². The van der Waals surface area contributed by atoms with Crippen molar-refractivity contribution in [2.75, 3.05) is 0 Å². The Kier molecular flexibility index (Phi) is 3.03. The van der Waals surface area contributed by atoms with Gasteiger partial charge >= 0.3 is 0 Å². The number of benzene rings is 1. The highest BCUT2D eigenvalue weighted by Crippen LogP contribution is 2.28. The Morgan fingerprint density at radius 1 is 1.05 bits per heavy atom. The van der Waals surface area contributed by atoms with Crippen LogP contribution in [0.5, 0.6) is 0 Å². The monoisotopic (exact) mass is 316 g/mol. The van der Waals surface area contributed by atoms with Crippen molar-refractivity contribution in [3.8, 4) is 22.9 Å². The summed E-state index contributed by atoms with van der Waals surface area (Å²) in [5.41, 5.74) is 2.04. The standard InChI is InChI=1S/C15H13BrN2O/c1-10-9-18(2)15(17-10)14-8-7-13(19-14)11-3-5-12(16)6-4-11/h3-9H,1-2H3. The summed E-state index contributed by atoms with van der Waals surface area (Å²) < 4.78 is 8.92. The largest absolute Gasteiger partial charge is 0.453 e. The Labute approximate surface area is 120 Å².